The van der Waals surface area contributed by atoms with Crippen LogP contribution in [0.15, 0.2) is 58.0 Å². The third-order valence-corrected chi connectivity index (χ3v) is 4.72. The Kier molecular flexibility index (Phi) is 2.98. The standard InChI is InChI=1S/C18H17N3O2/c1-18(11-14(18)12-6-4-3-5-7-12)17-19-16(20-23-17)13-8-9-21(2)15(22)10-13/h3-10,14H,11H2,1-2H3/t14-,18+/m1/s1. The van der Waals surface area contributed by atoms with E-state index >= 15 is 0 Å². The van der Waals surface area contributed by atoms with Crippen LogP contribution in [-0.2, 0) is 12.5 Å². The highest BCUT2D eigenvalue weighted by atomic mass is 16.5. The Labute approximate surface area is 133 Å². The molecule has 2 aromatic heterocycles. The molecule has 5 heteroatoms. The summed E-state index contributed by atoms with van der Waals surface area (Å²) in [4.78, 5) is 16.3. The lowest BCUT2D eigenvalue weighted by atomic mass is 10.0. The average Bonchev–Trinajstić information content (AvgIpc) is 3.03. The maximum Gasteiger partial charge on any atom is 0.250 e. The van der Waals surface area contributed by atoms with E-state index in [1.807, 2.05) is 24.3 Å². The van der Waals surface area contributed by atoms with E-state index in [2.05, 4.69) is 29.2 Å². The number of pyridine rings is 1. The van der Waals surface area contributed by atoms with Crippen LogP contribution in [0.3, 0.4) is 0 Å². The molecule has 0 aliphatic heterocycles. The quantitative estimate of drug-likeness (QED) is 0.746. The number of aromatic nitrogens is 3. The predicted molar refractivity (Wildman–Crippen MR) is 86.1 cm³/mol. The molecule has 1 saturated carbocycles. The minimum Gasteiger partial charge on any atom is -0.338 e. The minimum atomic E-state index is -0.119. The van der Waals surface area contributed by atoms with Crippen molar-refractivity contribution in [1.82, 2.24) is 14.7 Å². The van der Waals surface area contributed by atoms with Gasteiger partial charge in [-0.15, -0.1) is 0 Å². The molecule has 0 unspecified atom stereocenters. The summed E-state index contributed by atoms with van der Waals surface area (Å²) < 4.78 is 7.01. The zero-order valence-corrected chi connectivity index (χ0v) is 13.1. The Balaban J connectivity index is 1.64. The van der Waals surface area contributed by atoms with E-state index in [0.717, 1.165) is 6.42 Å². The van der Waals surface area contributed by atoms with Gasteiger partial charge in [-0.3, -0.25) is 4.79 Å². The van der Waals surface area contributed by atoms with Gasteiger partial charge in [-0.1, -0.05) is 42.4 Å². The van der Waals surface area contributed by atoms with E-state index in [0.29, 0.717) is 23.2 Å². The Morgan fingerprint density at radius 3 is 2.78 bits per heavy atom. The number of hydrogen-bond donors (Lipinski definition) is 0. The zero-order valence-electron chi connectivity index (χ0n) is 13.1. The summed E-state index contributed by atoms with van der Waals surface area (Å²) in [6.07, 6.45) is 2.70. The first kappa shape index (κ1) is 13.9. The Morgan fingerprint density at radius 1 is 1.26 bits per heavy atom. The highest BCUT2D eigenvalue weighted by Gasteiger charge is 2.56. The molecule has 1 aliphatic carbocycles. The van der Waals surface area contributed by atoms with Crippen molar-refractivity contribution in [3.05, 3.63) is 70.5 Å². The van der Waals surface area contributed by atoms with Crippen molar-refractivity contribution < 1.29 is 4.52 Å². The van der Waals surface area contributed by atoms with Crippen LogP contribution in [0.2, 0.25) is 0 Å². The van der Waals surface area contributed by atoms with Gasteiger partial charge in [0, 0.05) is 24.9 Å². The number of benzene rings is 1. The van der Waals surface area contributed by atoms with Crippen LogP contribution in [-0.4, -0.2) is 14.7 Å². The second-order valence-electron chi connectivity index (χ2n) is 6.37. The lowest BCUT2D eigenvalue weighted by molar-refractivity contribution is 0.350. The van der Waals surface area contributed by atoms with Gasteiger partial charge < -0.3 is 9.09 Å². The van der Waals surface area contributed by atoms with E-state index in [-0.39, 0.29) is 11.0 Å². The molecule has 1 aromatic carbocycles. The van der Waals surface area contributed by atoms with Gasteiger partial charge in [-0.2, -0.15) is 4.98 Å². The van der Waals surface area contributed by atoms with Gasteiger partial charge in [-0.25, -0.2) is 0 Å². The molecule has 1 aliphatic rings. The first-order chi connectivity index (χ1) is 11.1. The molecular formula is C18H17N3O2. The van der Waals surface area contributed by atoms with Crippen molar-refractivity contribution >= 4 is 0 Å². The van der Waals surface area contributed by atoms with Crippen LogP contribution in [0.1, 0.15) is 30.7 Å². The summed E-state index contributed by atoms with van der Waals surface area (Å²) in [7, 11) is 1.71. The van der Waals surface area contributed by atoms with Crippen LogP contribution in [0.5, 0.6) is 0 Å². The summed E-state index contributed by atoms with van der Waals surface area (Å²) in [5.74, 6) is 1.51. The molecule has 4 rings (SSSR count). The fourth-order valence-corrected chi connectivity index (χ4v) is 3.03. The Hall–Kier alpha value is -2.69. The number of hydrogen-bond acceptors (Lipinski definition) is 4. The molecule has 0 radical (unpaired) electrons. The zero-order chi connectivity index (χ0) is 16.0. The topological polar surface area (TPSA) is 60.9 Å². The van der Waals surface area contributed by atoms with Gasteiger partial charge >= 0.3 is 0 Å². The predicted octanol–water partition coefficient (Wildman–Crippen LogP) is 2.88. The normalized spacial score (nSPS) is 23.0. The van der Waals surface area contributed by atoms with Crippen LogP contribution in [0.25, 0.3) is 11.4 Å². The van der Waals surface area contributed by atoms with Crippen molar-refractivity contribution in [3.8, 4) is 11.4 Å². The van der Waals surface area contributed by atoms with Crippen LogP contribution < -0.4 is 5.56 Å². The average molecular weight is 307 g/mol. The van der Waals surface area contributed by atoms with Crippen molar-refractivity contribution in [2.24, 2.45) is 7.05 Å². The molecule has 0 N–H and O–H groups in total. The summed E-state index contributed by atoms with van der Waals surface area (Å²) in [6, 6.07) is 13.7. The van der Waals surface area contributed by atoms with Crippen molar-refractivity contribution in [3.63, 3.8) is 0 Å². The Morgan fingerprint density at radius 2 is 2.04 bits per heavy atom. The molecule has 3 aromatic rings. The smallest absolute Gasteiger partial charge is 0.250 e. The summed E-state index contributed by atoms with van der Waals surface area (Å²) in [5, 5.41) is 4.06. The van der Waals surface area contributed by atoms with Crippen LogP contribution >= 0.6 is 0 Å². The van der Waals surface area contributed by atoms with Gasteiger partial charge in [0.1, 0.15) is 0 Å². The van der Waals surface area contributed by atoms with Crippen molar-refractivity contribution in [1.29, 1.82) is 0 Å². The second kappa shape index (κ2) is 4.91. The first-order valence-electron chi connectivity index (χ1n) is 7.64. The second-order valence-corrected chi connectivity index (χ2v) is 6.37. The molecule has 0 bridgehead atoms. The molecule has 2 atom stereocenters. The van der Waals surface area contributed by atoms with Gasteiger partial charge in [0.05, 0.1) is 5.41 Å². The Bertz CT molecular complexity index is 913. The molecular weight excluding hydrogens is 290 g/mol. The number of rotatable bonds is 3. The van der Waals surface area contributed by atoms with Gasteiger partial charge in [-0.05, 0) is 24.0 Å². The maximum atomic E-state index is 11.7. The third kappa shape index (κ3) is 2.29. The lowest BCUT2D eigenvalue weighted by Crippen LogP contribution is -2.14. The fourth-order valence-electron chi connectivity index (χ4n) is 3.03. The highest BCUT2D eigenvalue weighted by molar-refractivity contribution is 5.53. The molecule has 0 amide bonds. The van der Waals surface area contributed by atoms with Crippen molar-refractivity contribution in [2.45, 2.75) is 24.7 Å². The van der Waals surface area contributed by atoms with E-state index < -0.39 is 0 Å². The van der Waals surface area contributed by atoms with Crippen molar-refractivity contribution in [2.75, 3.05) is 0 Å². The van der Waals surface area contributed by atoms with E-state index in [4.69, 9.17) is 4.52 Å². The fraction of sp³-hybridized carbons (Fsp3) is 0.278. The monoisotopic (exact) mass is 307 g/mol. The minimum absolute atomic E-state index is 0.0892. The SMILES string of the molecule is Cn1ccc(-c2noc([C@@]3(C)C[C@@H]3c3ccccc3)n2)cc1=O. The molecule has 0 spiro atoms. The first-order valence-corrected chi connectivity index (χ1v) is 7.64. The molecule has 5 nitrogen and oxygen atoms in total. The largest absolute Gasteiger partial charge is 0.338 e. The maximum absolute atomic E-state index is 11.7. The van der Waals surface area contributed by atoms with E-state index in [1.165, 1.54) is 16.2 Å². The summed E-state index contributed by atoms with van der Waals surface area (Å²) >= 11 is 0. The highest BCUT2D eigenvalue weighted by Crippen LogP contribution is 2.59. The lowest BCUT2D eigenvalue weighted by Gasteiger charge is -2.05. The molecule has 1 fully saturated rings. The van der Waals surface area contributed by atoms with E-state index in [9.17, 15) is 4.79 Å². The summed E-state index contributed by atoms with van der Waals surface area (Å²) in [5.41, 5.74) is 1.77. The van der Waals surface area contributed by atoms with Gasteiger partial charge in [0.25, 0.3) is 5.56 Å². The van der Waals surface area contributed by atoms with Gasteiger partial charge in [0.15, 0.2) is 0 Å². The molecule has 2 heterocycles. The van der Waals surface area contributed by atoms with Crippen LogP contribution in [0.4, 0.5) is 0 Å². The molecule has 116 valence electrons. The number of nitrogens with zero attached hydrogens (tertiary/aromatic N) is 3. The third-order valence-electron chi connectivity index (χ3n) is 4.72. The number of aryl methyl sites for hydroxylation is 1. The summed E-state index contributed by atoms with van der Waals surface area (Å²) in [6.45, 7) is 2.14. The molecule has 23 heavy (non-hydrogen) atoms. The molecule has 0 saturated heterocycles. The van der Waals surface area contributed by atoms with Crippen LogP contribution in [0, 0.1) is 0 Å². The van der Waals surface area contributed by atoms with E-state index in [1.54, 1.807) is 13.2 Å². The van der Waals surface area contributed by atoms with Gasteiger partial charge in [0.2, 0.25) is 11.7 Å².